The molecule has 0 radical (unpaired) electrons. The summed E-state index contributed by atoms with van der Waals surface area (Å²) in [5.41, 5.74) is 0. The second-order valence-corrected chi connectivity index (χ2v) is 20.6. The van der Waals surface area contributed by atoms with Gasteiger partial charge in [-0.15, -0.1) is 0 Å². The topological polar surface area (TPSA) is 99.1 Å². The highest BCUT2D eigenvalue weighted by atomic mass is 16.6. The number of hydrogen-bond donors (Lipinski definition) is 1. The molecule has 0 aromatic rings. The Bertz CT molecular complexity index is 1250. The maximum atomic E-state index is 12.8. The van der Waals surface area contributed by atoms with Crippen molar-refractivity contribution in [3.05, 3.63) is 48.6 Å². The number of likely N-dealkylation sites (N-methyl/N-ethyl adjacent to an activating group) is 1. The van der Waals surface area contributed by atoms with Crippen LogP contribution in [0.4, 0.5) is 0 Å². The summed E-state index contributed by atoms with van der Waals surface area (Å²) < 4.78 is 17.4. The van der Waals surface area contributed by atoms with Crippen LogP contribution < -0.4 is 0 Å². The number of carboxylic acids is 1. The average molecular weight is 958 g/mol. The molecule has 0 amide bonds. The fourth-order valence-electron chi connectivity index (χ4n) is 8.55. The zero-order valence-corrected chi connectivity index (χ0v) is 45.3. The van der Waals surface area contributed by atoms with E-state index >= 15 is 0 Å². The van der Waals surface area contributed by atoms with Gasteiger partial charge in [0, 0.05) is 19.3 Å². The molecule has 0 rings (SSSR count). The number of carbonyl (C=O) groups excluding carboxylic acids is 2. The number of nitrogens with zero attached hydrogens (tertiary/aromatic N) is 1. The zero-order chi connectivity index (χ0) is 49.9. The van der Waals surface area contributed by atoms with E-state index < -0.39 is 18.1 Å². The fourth-order valence-corrected chi connectivity index (χ4v) is 8.55. The second-order valence-electron chi connectivity index (χ2n) is 20.6. The highest BCUT2D eigenvalue weighted by molar-refractivity contribution is 5.72. The van der Waals surface area contributed by atoms with Crippen LogP contribution in [0, 0.1) is 0 Å². The minimum atomic E-state index is -0.876. The number of carboxylic acid groups (broad SMARTS) is 1. The normalized spacial score (nSPS) is 13.1. The highest BCUT2D eigenvalue weighted by Crippen LogP contribution is 2.17. The minimum absolute atomic E-state index is 0.0550. The summed E-state index contributed by atoms with van der Waals surface area (Å²) in [4.78, 5) is 37.3. The number of allylic oxidation sites excluding steroid dienone is 8. The van der Waals surface area contributed by atoms with Crippen molar-refractivity contribution < 1.29 is 38.2 Å². The van der Waals surface area contributed by atoms with Crippen molar-refractivity contribution in [3.8, 4) is 0 Å². The van der Waals surface area contributed by atoms with Gasteiger partial charge in [-0.1, -0.05) is 236 Å². The summed E-state index contributed by atoms with van der Waals surface area (Å²) in [6.45, 7) is 4.73. The Morgan fingerprint density at radius 3 is 1.18 bits per heavy atom. The molecule has 8 nitrogen and oxygen atoms in total. The van der Waals surface area contributed by atoms with Gasteiger partial charge in [0.2, 0.25) is 0 Å². The van der Waals surface area contributed by atoms with Crippen LogP contribution in [0.3, 0.4) is 0 Å². The largest absolute Gasteiger partial charge is 0.477 e. The van der Waals surface area contributed by atoms with E-state index in [0.717, 1.165) is 77.0 Å². The number of unbranched alkanes of at least 4 members (excludes halogenated alkanes) is 30. The van der Waals surface area contributed by atoms with Gasteiger partial charge in [0.05, 0.1) is 34.4 Å². The first-order chi connectivity index (χ1) is 33.1. The molecule has 0 aliphatic carbocycles. The van der Waals surface area contributed by atoms with Gasteiger partial charge >= 0.3 is 17.9 Å². The average Bonchev–Trinajstić information content (AvgIpc) is 3.30. The molecule has 0 bridgehead atoms. The Morgan fingerprint density at radius 2 is 0.779 bits per heavy atom. The highest BCUT2D eigenvalue weighted by Gasteiger charge is 2.31. The molecule has 2 unspecified atom stereocenters. The number of carbonyl (C=O) groups is 3. The monoisotopic (exact) mass is 957 g/mol. The van der Waals surface area contributed by atoms with Crippen molar-refractivity contribution >= 4 is 17.9 Å². The van der Waals surface area contributed by atoms with Gasteiger partial charge in [-0.3, -0.25) is 9.59 Å². The molecule has 68 heavy (non-hydrogen) atoms. The summed E-state index contributed by atoms with van der Waals surface area (Å²) in [5, 5.41) is 9.68. The van der Waals surface area contributed by atoms with E-state index in [0.29, 0.717) is 19.3 Å². The lowest BCUT2D eigenvalue weighted by Crippen LogP contribution is -2.50. The number of quaternary nitrogens is 1. The minimum Gasteiger partial charge on any atom is -0.477 e. The van der Waals surface area contributed by atoms with E-state index in [4.69, 9.17) is 14.2 Å². The molecule has 0 saturated heterocycles. The van der Waals surface area contributed by atoms with Crippen LogP contribution in [0.1, 0.15) is 264 Å². The van der Waals surface area contributed by atoms with Crippen molar-refractivity contribution in [2.24, 2.45) is 0 Å². The Balaban J connectivity index is 4.19. The Morgan fingerprint density at radius 1 is 0.441 bits per heavy atom. The third kappa shape index (κ3) is 48.3. The Labute approximate surface area is 420 Å². The smallest absolute Gasteiger partial charge is 0.362 e. The SMILES string of the molecule is CCCCC/C=C/C/C=C/C/C=C/C/C=C/CCCCCCCC(=O)OC(COCCC(C(=O)O)[N+](C)(C)C)COC(=O)CCCCCCCCCCCCCCCCCCCCCCCCC. The third-order valence-electron chi connectivity index (χ3n) is 13.0. The Kier molecular flexibility index (Phi) is 48.7. The van der Waals surface area contributed by atoms with E-state index in [-0.39, 0.29) is 36.2 Å². The maximum Gasteiger partial charge on any atom is 0.362 e. The summed E-state index contributed by atoms with van der Waals surface area (Å²) in [5.74, 6) is -1.48. The molecule has 8 heteroatoms. The lowest BCUT2D eigenvalue weighted by Gasteiger charge is -2.31. The summed E-state index contributed by atoms with van der Waals surface area (Å²) in [7, 11) is 5.54. The van der Waals surface area contributed by atoms with Crippen molar-refractivity contribution in [1.29, 1.82) is 0 Å². The van der Waals surface area contributed by atoms with Crippen molar-refractivity contribution in [2.45, 2.75) is 276 Å². The number of ether oxygens (including phenoxy) is 3. The van der Waals surface area contributed by atoms with Gasteiger partial charge in [0.25, 0.3) is 0 Å². The first-order valence-corrected chi connectivity index (χ1v) is 28.7. The van der Waals surface area contributed by atoms with Gasteiger partial charge in [0.15, 0.2) is 12.1 Å². The first-order valence-electron chi connectivity index (χ1n) is 28.7. The third-order valence-corrected chi connectivity index (χ3v) is 13.0. The number of aliphatic carboxylic acids is 1. The summed E-state index contributed by atoms with van der Waals surface area (Å²) in [6, 6.07) is -0.620. The molecule has 0 aliphatic heterocycles. The van der Waals surface area contributed by atoms with Crippen LogP contribution >= 0.6 is 0 Å². The molecular formula is C60H110NO7+. The summed E-state index contributed by atoms with van der Waals surface area (Å²) in [6.07, 6.45) is 63.1. The number of rotatable bonds is 52. The lowest BCUT2D eigenvalue weighted by molar-refractivity contribution is -0.887. The van der Waals surface area contributed by atoms with Crippen LogP contribution in [0.25, 0.3) is 0 Å². The number of hydrogen-bond acceptors (Lipinski definition) is 6. The van der Waals surface area contributed by atoms with E-state index in [1.807, 2.05) is 21.1 Å². The van der Waals surface area contributed by atoms with Crippen LogP contribution in [-0.4, -0.2) is 80.6 Å². The molecule has 2 atom stereocenters. The molecule has 0 spiro atoms. The van der Waals surface area contributed by atoms with Gasteiger partial charge in [0.1, 0.15) is 6.61 Å². The zero-order valence-electron chi connectivity index (χ0n) is 45.3. The summed E-state index contributed by atoms with van der Waals surface area (Å²) >= 11 is 0. The predicted molar refractivity (Wildman–Crippen MR) is 289 cm³/mol. The molecule has 0 saturated carbocycles. The van der Waals surface area contributed by atoms with Gasteiger partial charge < -0.3 is 23.8 Å². The molecule has 0 heterocycles. The molecule has 0 aromatic carbocycles. The molecular weight excluding hydrogens is 847 g/mol. The second kappa shape index (κ2) is 50.7. The van der Waals surface area contributed by atoms with Crippen molar-refractivity contribution in [3.63, 3.8) is 0 Å². The van der Waals surface area contributed by atoms with Crippen LogP contribution in [0.15, 0.2) is 48.6 Å². The van der Waals surface area contributed by atoms with Crippen molar-refractivity contribution in [1.82, 2.24) is 0 Å². The van der Waals surface area contributed by atoms with Crippen molar-refractivity contribution in [2.75, 3.05) is 41.0 Å². The number of esters is 2. The Hall–Kier alpha value is -2.71. The molecule has 0 aromatic heterocycles. The van der Waals surface area contributed by atoms with E-state index in [9.17, 15) is 19.5 Å². The quantitative estimate of drug-likeness (QED) is 0.0281. The molecule has 0 fully saturated rings. The molecule has 1 N–H and O–H groups in total. The predicted octanol–water partition coefficient (Wildman–Crippen LogP) is 17.1. The maximum absolute atomic E-state index is 12.8. The standard InChI is InChI=1S/C60H109NO7/c1-6-8-10-12-14-16-18-20-22-24-26-28-29-31-32-34-36-38-40-42-44-46-48-50-58(62)67-55-56(54-66-53-52-57(60(64)65)61(3,4)5)68-59(63)51-49-47-45-43-41-39-37-35-33-30-27-25-23-21-19-17-15-13-11-9-7-2/h15,17,21,23,27,30,35,37,56-57H,6-14,16,18-20,22,24-26,28-29,31-34,36,38-55H2,1-5H3/p+1/b17-15+,23-21+,30-27+,37-35+. The lowest BCUT2D eigenvalue weighted by atomic mass is 10.0. The van der Waals surface area contributed by atoms with Gasteiger partial charge in [-0.25, -0.2) is 4.79 Å². The first kappa shape index (κ1) is 65.3. The van der Waals surface area contributed by atoms with E-state index in [2.05, 4.69) is 62.5 Å². The van der Waals surface area contributed by atoms with Crippen LogP contribution in [0.5, 0.6) is 0 Å². The van der Waals surface area contributed by atoms with Crippen LogP contribution in [0.2, 0.25) is 0 Å². The molecule has 0 aliphatic rings. The van der Waals surface area contributed by atoms with E-state index in [1.165, 1.54) is 154 Å². The van der Waals surface area contributed by atoms with Gasteiger partial charge in [-0.2, -0.15) is 0 Å². The van der Waals surface area contributed by atoms with Gasteiger partial charge in [-0.05, 0) is 57.8 Å². The fraction of sp³-hybridized carbons (Fsp3) is 0.817. The van der Waals surface area contributed by atoms with Crippen LogP contribution in [-0.2, 0) is 28.6 Å². The molecule has 396 valence electrons. The van der Waals surface area contributed by atoms with E-state index in [1.54, 1.807) is 0 Å².